The average Bonchev–Trinajstić information content (AvgIpc) is 2.69. The van der Waals surface area contributed by atoms with E-state index in [0.717, 1.165) is 36.6 Å². The number of nitrogens with zero attached hydrogens (tertiary/aromatic N) is 5. The van der Waals surface area contributed by atoms with E-state index in [1.807, 2.05) is 32.2 Å². The minimum absolute atomic E-state index is 0.192. The highest BCUT2D eigenvalue weighted by Gasteiger charge is 2.25. The van der Waals surface area contributed by atoms with Gasteiger partial charge in [0.15, 0.2) is 0 Å². The summed E-state index contributed by atoms with van der Waals surface area (Å²) in [4.78, 5) is 30.2. The fourth-order valence-electron chi connectivity index (χ4n) is 3.49. The van der Waals surface area contributed by atoms with E-state index in [1.54, 1.807) is 11.1 Å². The Morgan fingerprint density at radius 2 is 1.86 bits per heavy atom. The van der Waals surface area contributed by atoms with Crippen LogP contribution in [0.1, 0.15) is 27.3 Å². The van der Waals surface area contributed by atoms with Crippen molar-refractivity contribution in [2.24, 2.45) is 0 Å². The van der Waals surface area contributed by atoms with Crippen LogP contribution in [0.2, 0.25) is 0 Å². The molecule has 1 saturated heterocycles. The standard InChI is InChI=1S/C21H22FN5O/c1-14-15(2)25-20-18(10-17(22)11-19(20)24-14)21(28)27-8-6-26(7-9-27)13-16-4-3-5-23-12-16/h3-5,10-12H,6-9,13H2,1-2H3. The third-order valence-corrected chi connectivity index (χ3v) is 5.16. The third-order valence-electron chi connectivity index (χ3n) is 5.16. The Morgan fingerprint density at radius 3 is 2.57 bits per heavy atom. The first kappa shape index (κ1) is 18.4. The van der Waals surface area contributed by atoms with Crippen molar-refractivity contribution in [1.82, 2.24) is 24.8 Å². The molecule has 3 heterocycles. The van der Waals surface area contributed by atoms with Crippen LogP contribution in [-0.2, 0) is 6.54 Å². The molecule has 2 aromatic heterocycles. The van der Waals surface area contributed by atoms with Gasteiger partial charge in [-0.2, -0.15) is 0 Å². The zero-order chi connectivity index (χ0) is 19.7. The predicted octanol–water partition coefficient (Wildman–Crippen LogP) is 2.74. The van der Waals surface area contributed by atoms with Gasteiger partial charge in [-0.3, -0.25) is 14.7 Å². The summed E-state index contributed by atoms with van der Waals surface area (Å²) in [5.41, 5.74) is 3.80. The molecule has 1 aliphatic heterocycles. The van der Waals surface area contributed by atoms with Crippen molar-refractivity contribution in [1.29, 1.82) is 0 Å². The van der Waals surface area contributed by atoms with Crippen molar-refractivity contribution in [2.45, 2.75) is 20.4 Å². The van der Waals surface area contributed by atoms with Crippen LogP contribution in [0, 0.1) is 19.7 Å². The summed E-state index contributed by atoms with van der Waals surface area (Å²) in [6.07, 6.45) is 3.62. The van der Waals surface area contributed by atoms with E-state index in [1.165, 1.54) is 12.1 Å². The van der Waals surface area contributed by atoms with E-state index in [0.29, 0.717) is 24.1 Å². The molecule has 28 heavy (non-hydrogen) atoms. The number of rotatable bonds is 3. The molecule has 0 N–H and O–H groups in total. The Kier molecular flexibility index (Phi) is 5.00. The molecule has 0 atom stereocenters. The van der Waals surface area contributed by atoms with Crippen LogP contribution < -0.4 is 0 Å². The van der Waals surface area contributed by atoms with Gasteiger partial charge in [-0.05, 0) is 31.5 Å². The summed E-state index contributed by atoms with van der Waals surface area (Å²) in [5, 5.41) is 0. The highest BCUT2D eigenvalue weighted by atomic mass is 19.1. The lowest BCUT2D eigenvalue weighted by molar-refractivity contribution is 0.0629. The Labute approximate surface area is 163 Å². The minimum atomic E-state index is -0.469. The lowest BCUT2D eigenvalue weighted by Crippen LogP contribution is -2.48. The van der Waals surface area contributed by atoms with E-state index in [-0.39, 0.29) is 11.5 Å². The molecule has 1 aromatic carbocycles. The van der Waals surface area contributed by atoms with Gasteiger partial charge in [0.1, 0.15) is 11.3 Å². The van der Waals surface area contributed by atoms with Gasteiger partial charge in [0.25, 0.3) is 5.91 Å². The number of hydrogen-bond acceptors (Lipinski definition) is 5. The number of hydrogen-bond donors (Lipinski definition) is 0. The molecule has 7 heteroatoms. The number of halogens is 1. The zero-order valence-electron chi connectivity index (χ0n) is 16.0. The topological polar surface area (TPSA) is 62.2 Å². The van der Waals surface area contributed by atoms with Crippen LogP contribution in [0.3, 0.4) is 0 Å². The van der Waals surface area contributed by atoms with Gasteiger partial charge < -0.3 is 4.90 Å². The zero-order valence-corrected chi connectivity index (χ0v) is 16.0. The van der Waals surface area contributed by atoms with Gasteiger partial charge in [0.05, 0.1) is 22.5 Å². The smallest absolute Gasteiger partial charge is 0.256 e. The Bertz CT molecular complexity index is 1020. The molecule has 0 aliphatic carbocycles. The molecule has 0 bridgehead atoms. The maximum atomic E-state index is 14.1. The SMILES string of the molecule is Cc1nc2cc(F)cc(C(=O)N3CCN(Cc4cccnc4)CC3)c2nc1C. The molecule has 3 aromatic rings. The molecule has 4 rings (SSSR count). The molecular weight excluding hydrogens is 357 g/mol. The fraction of sp³-hybridized carbons (Fsp3) is 0.333. The normalized spacial score (nSPS) is 15.2. The number of carbonyl (C=O) groups is 1. The van der Waals surface area contributed by atoms with Crippen molar-refractivity contribution in [2.75, 3.05) is 26.2 Å². The molecule has 1 fully saturated rings. The third kappa shape index (κ3) is 3.71. The van der Waals surface area contributed by atoms with E-state index >= 15 is 0 Å². The van der Waals surface area contributed by atoms with Crippen molar-refractivity contribution < 1.29 is 9.18 Å². The Hall–Kier alpha value is -2.93. The summed E-state index contributed by atoms with van der Waals surface area (Å²) < 4.78 is 14.1. The van der Waals surface area contributed by atoms with Crippen LogP contribution in [0.5, 0.6) is 0 Å². The van der Waals surface area contributed by atoms with Crippen LogP contribution in [0.15, 0.2) is 36.7 Å². The van der Waals surface area contributed by atoms with Crippen LogP contribution in [0.4, 0.5) is 4.39 Å². The van der Waals surface area contributed by atoms with Crippen molar-refractivity contribution >= 4 is 16.9 Å². The van der Waals surface area contributed by atoms with E-state index in [9.17, 15) is 9.18 Å². The molecule has 0 unspecified atom stereocenters. The second-order valence-electron chi connectivity index (χ2n) is 7.15. The molecule has 0 radical (unpaired) electrons. The number of aryl methyl sites for hydroxylation is 2. The second-order valence-corrected chi connectivity index (χ2v) is 7.15. The van der Waals surface area contributed by atoms with Crippen LogP contribution in [0.25, 0.3) is 11.0 Å². The second kappa shape index (κ2) is 7.59. The first-order chi connectivity index (χ1) is 13.5. The summed E-state index contributed by atoms with van der Waals surface area (Å²) in [6.45, 7) is 7.19. The first-order valence-electron chi connectivity index (χ1n) is 9.36. The van der Waals surface area contributed by atoms with Crippen molar-refractivity contribution in [3.63, 3.8) is 0 Å². The molecule has 0 spiro atoms. The van der Waals surface area contributed by atoms with Crippen molar-refractivity contribution in [3.05, 3.63) is 65.0 Å². The van der Waals surface area contributed by atoms with Crippen molar-refractivity contribution in [3.8, 4) is 0 Å². The van der Waals surface area contributed by atoms with Crippen LogP contribution >= 0.6 is 0 Å². The average molecular weight is 379 g/mol. The van der Waals surface area contributed by atoms with Gasteiger partial charge >= 0.3 is 0 Å². The molecular formula is C21H22FN5O. The number of pyridine rings is 1. The first-order valence-corrected chi connectivity index (χ1v) is 9.36. The molecule has 144 valence electrons. The summed E-state index contributed by atoms with van der Waals surface area (Å²) in [5.74, 6) is -0.660. The van der Waals surface area contributed by atoms with Gasteiger partial charge in [-0.25, -0.2) is 14.4 Å². The number of amides is 1. The summed E-state index contributed by atoms with van der Waals surface area (Å²) in [7, 11) is 0. The quantitative estimate of drug-likeness (QED) is 0.700. The van der Waals surface area contributed by atoms with E-state index in [4.69, 9.17) is 0 Å². The van der Waals surface area contributed by atoms with E-state index in [2.05, 4.69) is 19.9 Å². The number of aromatic nitrogens is 3. The molecule has 6 nitrogen and oxygen atoms in total. The molecule has 1 aliphatic rings. The maximum Gasteiger partial charge on any atom is 0.256 e. The maximum absolute atomic E-state index is 14.1. The fourth-order valence-corrected chi connectivity index (χ4v) is 3.49. The summed E-state index contributed by atoms with van der Waals surface area (Å²) in [6, 6.07) is 6.58. The number of fused-ring (bicyclic) bond motifs is 1. The molecule has 0 saturated carbocycles. The van der Waals surface area contributed by atoms with Gasteiger partial charge in [0, 0.05) is 51.2 Å². The number of piperazine rings is 1. The van der Waals surface area contributed by atoms with Gasteiger partial charge in [-0.1, -0.05) is 6.07 Å². The monoisotopic (exact) mass is 379 g/mol. The minimum Gasteiger partial charge on any atom is -0.336 e. The Morgan fingerprint density at radius 1 is 1.11 bits per heavy atom. The number of benzene rings is 1. The largest absolute Gasteiger partial charge is 0.336 e. The van der Waals surface area contributed by atoms with Crippen LogP contribution in [-0.4, -0.2) is 56.8 Å². The summed E-state index contributed by atoms with van der Waals surface area (Å²) >= 11 is 0. The highest BCUT2D eigenvalue weighted by molar-refractivity contribution is 6.04. The van der Waals surface area contributed by atoms with Gasteiger partial charge in [0.2, 0.25) is 0 Å². The predicted molar refractivity (Wildman–Crippen MR) is 104 cm³/mol. The number of carbonyl (C=O) groups excluding carboxylic acids is 1. The lowest BCUT2D eigenvalue weighted by atomic mass is 10.1. The Balaban J connectivity index is 1.52. The van der Waals surface area contributed by atoms with Gasteiger partial charge in [-0.15, -0.1) is 0 Å². The van der Waals surface area contributed by atoms with E-state index < -0.39 is 5.82 Å². The highest BCUT2D eigenvalue weighted by Crippen LogP contribution is 2.21. The molecule has 1 amide bonds. The lowest BCUT2D eigenvalue weighted by Gasteiger charge is -2.34.